The lowest BCUT2D eigenvalue weighted by Gasteiger charge is -2.09. The van der Waals surface area contributed by atoms with Gasteiger partial charge in [0, 0.05) is 18.6 Å². The summed E-state index contributed by atoms with van der Waals surface area (Å²) in [5.74, 6) is -0.775. The predicted octanol–water partition coefficient (Wildman–Crippen LogP) is 0.999. The Kier molecular flexibility index (Phi) is 3.11. The average Bonchev–Trinajstić information content (AvgIpc) is 2.32. The second-order valence-electron chi connectivity index (χ2n) is 3.37. The number of nitrogens with two attached hydrogens (primary N) is 1. The van der Waals surface area contributed by atoms with Gasteiger partial charge in [0.2, 0.25) is 0 Å². The highest BCUT2D eigenvalue weighted by molar-refractivity contribution is 7.92. The maximum absolute atomic E-state index is 13.3. The largest absolute Gasteiger partial charge is 0.398 e. The molecule has 18 heavy (non-hydrogen) atoms. The third-order valence-electron chi connectivity index (χ3n) is 2.12. The number of hydrogen-bond donors (Lipinski definition) is 2. The summed E-state index contributed by atoms with van der Waals surface area (Å²) >= 11 is 0. The van der Waals surface area contributed by atoms with Crippen molar-refractivity contribution >= 4 is 21.4 Å². The Balaban J connectivity index is 2.40. The van der Waals surface area contributed by atoms with Crippen molar-refractivity contribution in [3.8, 4) is 0 Å². The quantitative estimate of drug-likeness (QED) is 0.865. The number of rotatable bonds is 3. The molecule has 0 aliphatic rings. The first-order valence-electron chi connectivity index (χ1n) is 4.82. The van der Waals surface area contributed by atoms with Gasteiger partial charge < -0.3 is 5.73 Å². The summed E-state index contributed by atoms with van der Waals surface area (Å²) in [6.45, 7) is 0. The molecular formula is C10H9FN4O2S. The van der Waals surface area contributed by atoms with Gasteiger partial charge >= 0.3 is 0 Å². The van der Waals surface area contributed by atoms with Crippen molar-refractivity contribution in [2.24, 2.45) is 0 Å². The smallest absolute Gasteiger partial charge is 0.265 e. The lowest BCUT2D eigenvalue weighted by Crippen LogP contribution is -2.16. The summed E-state index contributed by atoms with van der Waals surface area (Å²) < 4.78 is 39.3. The molecule has 94 valence electrons. The van der Waals surface area contributed by atoms with Crippen LogP contribution in [0.5, 0.6) is 0 Å². The summed E-state index contributed by atoms with van der Waals surface area (Å²) in [6, 6.07) is 2.55. The predicted molar refractivity (Wildman–Crippen MR) is 63.7 cm³/mol. The van der Waals surface area contributed by atoms with E-state index in [1.54, 1.807) is 0 Å². The Morgan fingerprint density at radius 3 is 2.50 bits per heavy atom. The SMILES string of the molecule is Nc1ccncc1S(=O)(=O)Nc1ccncc1F. The van der Waals surface area contributed by atoms with Crippen molar-refractivity contribution in [2.45, 2.75) is 4.90 Å². The number of anilines is 2. The van der Waals surface area contributed by atoms with Gasteiger partial charge in [-0.05, 0) is 12.1 Å². The minimum atomic E-state index is -3.97. The van der Waals surface area contributed by atoms with Crippen molar-refractivity contribution in [1.82, 2.24) is 9.97 Å². The van der Waals surface area contributed by atoms with Crippen molar-refractivity contribution in [1.29, 1.82) is 0 Å². The monoisotopic (exact) mass is 268 g/mol. The van der Waals surface area contributed by atoms with Crippen molar-refractivity contribution in [3.05, 3.63) is 42.7 Å². The van der Waals surface area contributed by atoms with Gasteiger partial charge in [-0.1, -0.05) is 0 Å². The van der Waals surface area contributed by atoms with Gasteiger partial charge in [0.25, 0.3) is 10.0 Å². The third kappa shape index (κ3) is 2.38. The molecule has 0 amide bonds. The van der Waals surface area contributed by atoms with Crippen LogP contribution >= 0.6 is 0 Å². The van der Waals surface area contributed by atoms with Crippen LogP contribution in [0.15, 0.2) is 41.8 Å². The summed E-state index contributed by atoms with van der Waals surface area (Å²) in [5, 5.41) is 0. The molecule has 0 bridgehead atoms. The highest BCUT2D eigenvalue weighted by Crippen LogP contribution is 2.21. The van der Waals surface area contributed by atoms with E-state index in [9.17, 15) is 12.8 Å². The molecule has 2 aromatic rings. The van der Waals surface area contributed by atoms with Gasteiger partial charge in [0.15, 0.2) is 5.82 Å². The maximum Gasteiger partial charge on any atom is 0.265 e. The first-order chi connectivity index (χ1) is 8.50. The molecular weight excluding hydrogens is 259 g/mol. The Labute approximate surface area is 103 Å². The molecule has 0 unspecified atom stereocenters. The number of sulfonamides is 1. The van der Waals surface area contributed by atoms with Crippen molar-refractivity contribution < 1.29 is 12.8 Å². The summed E-state index contributed by atoms with van der Waals surface area (Å²) in [7, 11) is -3.97. The Morgan fingerprint density at radius 1 is 1.17 bits per heavy atom. The first-order valence-corrected chi connectivity index (χ1v) is 6.31. The Hall–Kier alpha value is -2.22. The van der Waals surface area contributed by atoms with Crippen LogP contribution in [0.3, 0.4) is 0 Å². The molecule has 0 aliphatic heterocycles. The first kappa shape index (κ1) is 12.2. The third-order valence-corrected chi connectivity index (χ3v) is 3.53. The standard InChI is InChI=1S/C10H9FN4O2S/c11-7-5-13-4-2-9(7)15-18(16,17)10-6-14-3-1-8(10)12/h1-6H,(H2,12,14)(H,13,15). The van der Waals surface area contributed by atoms with Crippen LogP contribution in [0.2, 0.25) is 0 Å². The molecule has 0 aromatic carbocycles. The number of pyridine rings is 2. The molecule has 0 atom stereocenters. The number of aromatic nitrogens is 2. The lowest BCUT2D eigenvalue weighted by atomic mass is 10.4. The van der Waals surface area contributed by atoms with E-state index in [-0.39, 0.29) is 16.3 Å². The molecule has 0 aliphatic carbocycles. The molecule has 2 aromatic heterocycles. The highest BCUT2D eigenvalue weighted by atomic mass is 32.2. The minimum Gasteiger partial charge on any atom is -0.398 e. The Bertz CT molecular complexity index is 675. The van der Waals surface area contributed by atoms with E-state index in [4.69, 9.17) is 5.73 Å². The van der Waals surface area contributed by atoms with Crippen LogP contribution in [0.4, 0.5) is 15.8 Å². The van der Waals surface area contributed by atoms with E-state index in [0.29, 0.717) is 0 Å². The topological polar surface area (TPSA) is 98.0 Å². The number of nitrogens with zero attached hydrogens (tertiary/aromatic N) is 2. The summed E-state index contributed by atoms with van der Waals surface area (Å²) in [4.78, 5) is 6.98. The molecule has 0 saturated carbocycles. The number of nitrogen functional groups attached to an aromatic ring is 1. The van der Waals surface area contributed by atoms with E-state index >= 15 is 0 Å². The summed E-state index contributed by atoms with van der Waals surface area (Å²) in [6.07, 6.45) is 4.64. The number of nitrogens with one attached hydrogen (secondary N) is 1. The van der Waals surface area contributed by atoms with Gasteiger partial charge in [-0.25, -0.2) is 12.8 Å². The van der Waals surface area contributed by atoms with Crippen LogP contribution < -0.4 is 10.5 Å². The van der Waals surface area contributed by atoms with Crippen LogP contribution in [-0.2, 0) is 10.0 Å². The van der Waals surface area contributed by atoms with Gasteiger partial charge in [0.1, 0.15) is 4.90 Å². The van der Waals surface area contributed by atoms with Crippen LogP contribution in [-0.4, -0.2) is 18.4 Å². The molecule has 6 nitrogen and oxygen atoms in total. The van der Waals surface area contributed by atoms with E-state index in [1.807, 2.05) is 0 Å². The zero-order chi connectivity index (χ0) is 13.2. The normalized spacial score (nSPS) is 11.2. The second kappa shape index (κ2) is 4.57. The number of hydrogen-bond acceptors (Lipinski definition) is 5. The maximum atomic E-state index is 13.3. The van der Waals surface area contributed by atoms with Gasteiger partial charge in [-0.2, -0.15) is 0 Å². The fourth-order valence-electron chi connectivity index (χ4n) is 1.27. The fourth-order valence-corrected chi connectivity index (χ4v) is 2.42. The van der Waals surface area contributed by atoms with E-state index in [1.165, 1.54) is 24.5 Å². The molecule has 2 heterocycles. The molecule has 0 saturated heterocycles. The fraction of sp³-hybridized carbons (Fsp3) is 0. The highest BCUT2D eigenvalue weighted by Gasteiger charge is 2.19. The zero-order valence-electron chi connectivity index (χ0n) is 9.04. The molecule has 0 radical (unpaired) electrons. The van der Waals surface area contributed by atoms with Gasteiger partial charge in [0.05, 0.1) is 17.6 Å². The zero-order valence-corrected chi connectivity index (χ0v) is 9.86. The van der Waals surface area contributed by atoms with Gasteiger partial charge in [-0.3, -0.25) is 14.7 Å². The molecule has 3 N–H and O–H groups in total. The van der Waals surface area contributed by atoms with E-state index in [0.717, 1.165) is 12.4 Å². The van der Waals surface area contributed by atoms with Crippen LogP contribution in [0, 0.1) is 5.82 Å². The van der Waals surface area contributed by atoms with E-state index in [2.05, 4.69) is 14.7 Å². The molecule has 8 heteroatoms. The lowest BCUT2D eigenvalue weighted by molar-refractivity contribution is 0.598. The second-order valence-corrected chi connectivity index (χ2v) is 5.03. The Morgan fingerprint density at radius 2 is 1.83 bits per heavy atom. The minimum absolute atomic E-state index is 0.0342. The summed E-state index contributed by atoms with van der Waals surface area (Å²) in [5.41, 5.74) is 5.37. The van der Waals surface area contributed by atoms with Crippen LogP contribution in [0.1, 0.15) is 0 Å². The molecule has 0 fully saturated rings. The average molecular weight is 268 g/mol. The molecule has 0 spiro atoms. The number of halogens is 1. The van der Waals surface area contributed by atoms with E-state index < -0.39 is 15.8 Å². The van der Waals surface area contributed by atoms with Crippen molar-refractivity contribution in [3.63, 3.8) is 0 Å². The van der Waals surface area contributed by atoms with Gasteiger partial charge in [-0.15, -0.1) is 0 Å². The molecule has 2 rings (SSSR count). The van der Waals surface area contributed by atoms with Crippen LogP contribution in [0.25, 0.3) is 0 Å². The van der Waals surface area contributed by atoms with Crippen molar-refractivity contribution in [2.75, 3.05) is 10.5 Å².